The van der Waals surface area contributed by atoms with Crippen molar-refractivity contribution in [2.45, 2.75) is 6.18 Å². The average molecular weight is 421 g/mol. The minimum absolute atomic E-state index is 0.164. The number of pyridine rings is 1. The van der Waals surface area contributed by atoms with Crippen LogP contribution in [0.4, 0.5) is 30.4 Å². The van der Waals surface area contributed by atoms with Gasteiger partial charge in [0.2, 0.25) is 0 Å². The van der Waals surface area contributed by atoms with E-state index < -0.39 is 17.8 Å². The molecule has 0 aliphatic carbocycles. The summed E-state index contributed by atoms with van der Waals surface area (Å²) in [5.74, 6) is -0.0130. The summed E-state index contributed by atoms with van der Waals surface area (Å²) in [5, 5.41) is 14.9. The van der Waals surface area contributed by atoms with Gasteiger partial charge in [0.05, 0.1) is 17.2 Å². The Hall–Kier alpha value is -4.32. The molecule has 4 rings (SSSR count). The topological polar surface area (TPSA) is 82.2 Å². The first-order valence-electron chi connectivity index (χ1n) is 9.08. The monoisotopic (exact) mass is 421 g/mol. The molecule has 2 N–H and O–H groups in total. The molecule has 4 aromatic rings. The number of nitriles is 1. The summed E-state index contributed by atoms with van der Waals surface area (Å²) >= 11 is 0. The lowest BCUT2D eigenvalue weighted by Crippen LogP contribution is -2.13. The molecule has 0 bridgehead atoms. The van der Waals surface area contributed by atoms with Crippen LogP contribution in [0.2, 0.25) is 0 Å². The second-order valence-corrected chi connectivity index (χ2v) is 6.58. The van der Waals surface area contributed by atoms with Crippen LogP contribution in [0.5, 0.6) is 0 Å². The first-order valence-corrected chi connectivity index (χ1v) is 9.08. The fourth-order valence-electron chi connectivity index (χ4n) is 3.01. The fourth-order valence-corrected chi connectivity index (χ4v) is 3.01. The van der Waals surface area contributed by atoms with Gasteiger partial charge in [-0.1, -0.05) is 18.2 Å². The van der Waals surface area contributed by atoms with Gasteiger partial charge in [-0.2, -0.15) is 18.4 Å². The quantitative estimate of drug-likeness (QED) is 0.473. The van der Waals surface area contributed by atoms with E-state index in [1.54, 1.807) is 60.7 Å². The summed E-state index contributed by atoms with van der Waals surface area (Å²) in [7, 11) is 0. The maximum absolute atomic E-state index is 13.0. The maximum Gasteiger partial charge on any atom is 0.434 e. The summed E-state index contributed by atoms with van der Waals surface area (Å²) in [6, 6.07) is 19.8. The summed E-state index contributed by atoms with van der Waals surface area (Å²) < 4.78 is 40.2. The molecular weight excluding hydrogens is 407 g/mol. The van der Waals surface area contributed by atoms with Crippen molar-refractivity contribution in [2.75, 3.05) is 10.6 Å². The molecule has 0 unspecified atom stereocenters. The molecule has 154 valence electrons. The summed E-state index contributed by atoms with van der Waals surface area (Å²) in [5.41, 5.74) is 0.827. The molecule has 2 heterocycles. The van der Waals surface area contributed by atoms with Crippen LogP contribution in [0.15, 0.2) is 72.9 Å². The number of nitrogens with one attached hydrogen (secondary N) is 2. The molecule has 0 fully saturated rings. The predicted octanol–water partition coefficient (Wildman–Crippen LogP) is 5.22. The lowest BCUT2D eigenvalue weighted by molar-refractivity contribution is -0.140. The molecule has 2 aromatic heterocycles. The highest BCUT2D eigenvalue weighted by Crippen LogP contribution is 2.30. The minimum Gasteiger partial charge on any atom is -0.341 e. The second kappa shape index (κ2) is 7.84. The molecular formula is C22H14F3N5O. The van der Waals surface area contributed by atoms with Gasteiger partial charge in [-0.25, -0.2) is 4.98 Å². The van der Waals surface area contributed by atoms with Gasteiger partial charge >= 0.3 is 6.18 Å². The van der Waals surface area contributed by atoms with Crippen LogP contribution in [0.3, 0.4) is 0 Å². The Morgan fingerprint density at radius 1 is 0.968 bits per heavy atom. The zero-order valence-corrected chi connectivity index (χ0v) is 15.8. The van der Waals surface area contributed by atoms with E-state index in [1.807, 2.05) is 6.07 Å². The van der Waals surface area contributed by atoms with Gasteiger partial charge < -0.3 is 10.6 Å². The van der Waals surface area contributed by atoms with Gasteiger partial charge in [-0.15, -0.1) is 0 Å². The highest BCUT2D eigenvalue weighted by atomic mass is 19.4. The molecule has 9 heteroatoms. The van der Waals surface area contributed by atoms with Gasteiger partial charge in [0.1, 0.15) is 11.5 Å². The van der Waals surface area contributed by atoms with E-state index in [4.69, 9.17) is 5.26 Å². The van der Waals surface area contributed by atoms with Crippen LogP contribution >= 0.6 is 0 Å². The number of nitrogens with zero attached hydrogens (tertiary/aromatic N) is 3. The smallest absolute Gasteiger partial charge is 0.341 e. The van der Waals surface area contributed by atoms with Crippen molar-refractivity contribution in [3.63, 3.8) is 0 Å². The molecule has 0 aliphatic heterocycles. The van der Waals surface area contributed by atoms with Crippen LogP contribution in [0.1, 0.15) is 21.6 Å². The number of fused-ring (bicyclic) bond motifs is 1. The number of carbonyl (C=O) groups excluding carboxylic acids is 1. The molecule has 6 nitrogen and oxygen atoms in total. The number of anilines is 3. The largest absolute Gasteiger partial charge is 0.434 e. The number of benzene rings is 2. The van der Waals surface area contributed by atoms with Crippen molar-refractivity contribution in [2.24, 2.45) is 0 Å². The molecule has 0 radical (unpaired) electrons. The van der Waals surface area contributed by atoms with Gasteiger partial charge in [-0.3, -0.25) is 9.20 Å². The molecule has 0 saturated carbocycles. The first-order chi connectivity index (χ1) is 14.8. The van der Waals surface area contributed by atoms with Crippen molar-refractivity contribution in [1.82, 2.24) is 9.38 Å². The molecule has 0 aliphatic rings. The number of aromatic nitrogens is 2. The predicted molar refractivity (Wildman–Crippen MR) is 109 cm³/mol. The third-order valence-electron chi connectivity index (χ3n) is 4.49. The van der Waals surface area contributed by atoms with Gasteiger partial charge in [-0.05, 0) is 48.5 Å². The van der Waals surface area contributed by atoms with Crippen LogP contribution in [0, 0.1) is 11.3 Å². The number of carbonyl (C=O) groups is 1. The molecule has 0 spiro atoms. The molecule has 1 amide bonds. The second-order valence-electron chi connectivity index (χ2n) is 6.58. The lowest BCUT2D eigenvalue weighted by atomic mass is 10.1. The number of alkyl halides is 3. The van der Waals surface area contributed by atoms with E-state index >= 15 is 0 Å². The first kappa shape index (κ1) is 20.0. The third kappa shape index (κ3) is 4.18. The Kier molecular flexibility index (Phi) is 5.05. The summed E-state index contributed by atoms with van der Waals surface area (Å²) in [4.78, 5) is 16.0. The van der Waals surface area contributed by atoms with Crippen LogP contribution < -0.4 is 10.6 Å². The normalized spacial score (nSPS) is 11.2. The molecule has 31 heavy (non-hydrogen) atoms. The molecule has 0 saturated heterocycles. The Morgan fingerprint density at radius 3 is 2.39 bits per heavy atom. The number of imidazole rings is 1. The SMILES string of the molecule is N#Cc1ccccc1C(=O)Nc1ccc(Nc2cccc3nc(C(F)(F)F)cn23)cc1. The Morgan fingerprint density at radius 2 is 1.68 bits per heavy atom. The highest BCUT2D eigenvalue weighted by Gasteiger charge is 2.34. The number of amides is 1. The number of hydrogen-bond donors (Lipinski definition) is 2. The number of rotatable bonds is 4. The Balaban J connectivity index is 1.52. The fraction of sp³-hybridized carbons (Fsp3) is 0.0455. The van der Waals surface area contributed by atoms with Crippen molar-refractivity contribution in [3.05, 3.63) is 89.7 Å². The van der Waals surface area contributed by atoms with E-state index in [0.717, 1.165) is 6.20 Å². The summed E-state index contributed by atoms with van der Waals surface area (Å²) in [6.07, 6.45) is -3.60. The van der Waals surface area contributed by atoms with Gasteiger partial charge in [0, 0.05) is 17.6 Å². The van der Waals surface area contributed by atoms with Crippen molar-refractivity contribution >= 4 is 28.7 Å². The van der Waals surface area contributed by atoms with E-state index in [0.29, 0.717) is 17.2 Å². The number of hydrogen-bond acceptors (Lipinski definition) is 4. The van der Waals surface area contributed by atoms with E-state index in [1.165, 1.54) is 10.5 Å². The molecule has 2 aromatic carbocycles. The lowest BCUT2D eigenvalue weighted by Gasteiger charge is -2.11. The van der Waals surface area contributed by atoms with Crippen molar-refractivity contribution in [3.8, 4) is 6.07 Å². The van der Waals surface area contributed by atoms with Crippen molar-refractivity contribution < 1.29 is 18.0 Å². The van der Waals surface area contributed by atoms with Crippen molar-refractivity contribution in [1.29, 1.82) is 5.26 Å². The minimum atomic E-state index is -4.53. The average Bonchev–Trinajstić information content (AvgIpc) is 3.21. The van der Waals surface area contributed by atoms with Crippen LogP contribution in [-0.4, -0.2) is 15.3 Å². The van der Waals surface area contributed by atoms with Crippen LogP contribution in [0.25, 0.3) is 5.65 Å². The standard InChI is InChI=1S/C22H14F3N5O/c23-22(24,25)18-13-30-19(6-3-7-20(30)29-18)27-15-8-10-16(11-9-15)28-21(31)17-5-2-1-4-14(17)12-26/h1-11,13,27H,(H,28,31). The van der Waals surface area contributed by atoms with E-state index in [2.05, 4.69) is 15.6 Å². The zero-order chi connectivity index (χ0) is 22.0. The maximum atomic E-state index is 13.0. The summed E-state index contributed by atoms with van der Waals surface area (Å²) in [6.45, 7) is 0. The van der Waals surface area contributed by atoms with Gasteiger partial charge in [0.15, 0.2) is 5.69 Å². The van der Waals surface area contributed by atoms with E-state index in [-0.39, 0.29) is 16.8 Å². The zero-order valence-electron chi connectivity index (χ0n) is 15.8. The Bertz CT molecular complexity index is 1300. The van der Waals surface area contributed by atoms with Crippen LogP contribution in [-0.2, 0) is 6.18 Å². The Labute approximate surface area is 174 Å². The molecule has 0 atom stereocenters. The third-order valence-corrected chi connectivity index (χ3v) is 4.49. The highest BCUT2D eigenvalue weighted by molar-refractivity contribution is 6.05. The van der Waals surface area contributed by atoms with E-state index in [9.17, 15) is 18.0 Å². The number of halogens is 3. The van der Waals surface area contributed by atoms with Gasteiger partial charge in [0.25, 0.3) is 5.91 Å².